The first-order chi connectivity index (χ1) is 7.57. The fraction of sp³-hybridized carbons (Fsp3) is 0.500. The zero-order valence-corrected chi connectivity index (χ0v) is 9.17. The first-order valence-electron chi connectivity index (χ1n) is 5.06. The molecular formula is C10H13N3O3. The predicted molar refractivity (Wildman–Crippen MR) is 56.2 cm³/mol. The number of imidazole rings is 1. The van der Waals surface area contributed by atoms with Gasteiger partial charge >= 0.3 is 5.97 Å². The van der Waals surface area contributed by atoms with Crippen LogP contribution in [0.3, 0.4) is 0 Å². The molecule has 1 aromatic rings. The van der Waals surface area contributed by atoms with Gasteiger partial charge in [0.1, 0.15) is 5.71 Å². The summed E-state index contributed by atoms with van der Waals surface area (Å²) >= 11 is 0. The molecule has 1 aromatic heterocycles. The van der Waals surface area contributed by atoms with Gasteiger partial charge in [0.15, 0.2) is 0 Å². The average Bonchev–Trinajstić information content (AvgIpc) is 2.83. The second kappa shape index (κ2) is 3.62. The van der Waals surface area contributed by atoms with Crippen molar-refractivity contribution < 1.29 is 14.7 Å². The highest BCUT2D eigenvalue weighted by Gasteiger charge is 2.42. The van der Waals surface area contributed by atoms with Crippen molar-refractivity contribution in [1.29, 1.82) is 0 Å². The summed E-state index contributed by atoms with van der Waals surface area (Å²) in [6.45, 7) is 4.26. The van der Waals surface area contributed by atoms with E-state index in [2.05, 4.69) is 10.1 Å². The second-order valence-corrected chi connectivity index (χ2v) is 3.91. The Morgan fingerprint density at radius 3 is 3.06 bits per heavy atom. The van der Waals surface area contributed by atoms with Crippen molar-refractivity contribution in [1.82, 2.24) is 9.55 Å². The number of hydrogen-bond donors (Lipinski definition) is 1. The van der Waals surface area contributed by atoms with Crippen LogP contribution in [0.2, 0.25) is 0 Å². The molecule has 0 aliphatic carbocycles. The van der Waals surface area contributed by atoms with Crippen LogP contribution in [0.4, 0.5) is 0 Å². The van der Waals surface area contributed by atoms with Gasteiger partial charge in [-0.05, 0) is 13.8 Å². The largest absolute Gasteiger partial charge is 0.478 e. The molecule has 2 heterocycles. The third kappa shape index (κ3) is 1.56. The lowest BCUT2D eigenvalue weighted by Crippen LogP contribution is -2.35. The molecule has 0 saturated heterocycles. The van der Waals surface area contributed by atoms with Crippen LogP contribution in [-0.2, 0) is 16.2 Å². The number of aliphatic carboxylic acids is 1. The molecule has 1 N–H and O–H groups in total. The SMILES string of the molecule is CCn1cncc1C1=NOC(C)(C(=O)O)C1. The summed E-state index contributed by atoms with van der Waals surface area (Å²) < 4.78 is 1.90. The minimum Gasteiger partial charge on any atom is -0.478 e. The molecular weight excluding hydrogens is 210 g/mol. The van der Waals surface area contributed by atoms with Gasteiger partial charge in [0.25, 0.3) is 0 Å². The maximum atomic E-state index is 11.0. The fourth-order valence-electron chi connectivity index (χ4n) is 1.60. The van der Waals surface area contributed by atoms with E-state index in [0.29, 0.717) is 5.71 Å². The Morgan fingerprint density at radius 2 is 2.50 bits per heavy atom. The van der Waals surface area contributed by atoms with Crippen LogP contribution in [0, 0.1) is 0 Å². The van der Waals surface area contributed by atoms with E-state index >= 15 is 0 Å². The quantitative estimate of drug-likeness (QED) is 0.824. The number of hydrogen-bond acceptors (Lipinski definition) is 4. The van der Waals surface area contributed by atoms with Gasteiger partial charge in [-0.15, -0.1) is 0 Å². The van der Waals surface area contributed by atoms with E-state index < -0.39 is 11.6 Å². The van der Waals surface area contributed by atoms with E-state index in [0.717, 1.165) is 12.2 Å². The molecule has 0 spiro atoms. The van der Waals surface area contributed by atoms with Crippen molar-refractivity contribution in [3.63, 3.8) is 0 Å². The molecule has 16 heavy (non-hydrogen) atoms. The number of carbonyl (C=O) groups is 1. The molecule has 1 aliphatic rings. The smallest absolute Gasteiger partial charge is 0.351 e. The summed E-state index contributed by atoms with van der Waals surface area (Å²) in [5.74, 6) is -1.01. The summed E-state index contributed by atoms with van der Waals surface area (Å²) in [5.41, 5.74) is 0.190. The van der Waals surface area contributed by atoms with Gasteiger partial charge in [-0.25, -0.2) is 9.78 Å². The van der Waals surface area contributed by atoms with Crippen molar-refractivity contribution in [2.75, 3.05) is 0 Å². The van der Waals surface area contributed by atoms with Gasteiger partial charge in [-0.3, -0.25) is 0 Å². The number of rotatable bonds is 3. The fourth-order valence-corrected chi connectivity index (χ4v) is 1.60. The van der Waals surface area contributed by atoms with Gasteiger partial charge < -0.3 is 14.5 Å². The second-order valence-electron chi connectivity index (χ2n) is 3.91. The molecule has 1 aliphatic heterocycles. The Bertz CT molecular complexity index is 452. The number of aryl methyl sites for hydroxylation is 1. The molecule has 0 bridgehead atoms. The lowest BCUT2D eigenvalue weighted by molar-refractivity contribution is -0.160. The molecule has 0 radical (unpaired) electrons. The van der Waals surface area contributed by atoms with Crippen molar-refractivity contribution in [2.45, 2.75) is 32.4 Å². The lowest BCUT2D eigenvalue weighted by atomic mass is 9.99. The van der Waals surface area contributed by atoms with Crippen molar-refractivity contribution in [2.24, 2.45) is 5.16 Å². The molecule has 0 fully saturated rings. The number of carboxylic acids is 1. The molecule has 6 heteroatoms. The zero-order chi connectivity index (χ0) is 11.8. The third-order valence-corrected chi connectivity index (χ3v) is 2.66. The summed E-state index contributed by atoms with van der Waals surface area (Å²) in [6, 6.07) is 0. The van der Waals surface area contributed by atoms with E-state index in [1.54, 1.807) is 12.5 Å². The maximum Gasteiger partial charge on any atom is 0.351 e. The molecule has 86 valence electrons. The van der Waals surface area contributed by atoms with E-state index in [1.807, 2.05) is 11.5 Å². The Kier molecular flexibility index (Phi) is 2.41. The van der Waals surface area contributed by atoms with Gasteiger partial charge in [0.2, 0.25) is 5.60 Å². The van der Waals surface area contributed by atoms with Gasteiger partial charge in [0, 0.05) is 13.0 Å². The summed E-state index contributed by atoms with van der Waals surface area (Å²) in [7, 11) is 0. The standard InChI is InChI=1S/C10H13N3O3/c1-3-13-6-11-5-8(13)7-4-10(2,9(14)15)16-12-7/h5-6H,3-4H2,1-2H3,(H,14,15). The Morgan fingerprint density at radius 1 is 1.75 bits per heavy atom. The number of nitrogens with zero attached hydrogens (tertiary/aromatic N) is 3. The predicted octanol–water partition coefficient (Wildman–Crippen LogP) is 0.871. The highest BCUT2D eigenvalue weighted by Crippen LogP contribution is 2.26. The van der Waals surface area contributed by atoms with E-state index in [4.69, 9.17) is 9.94 Å². The Labute approximate surface area is 92.5 Å². The van der Waals surface area contributed by atoms with Crippen LogP contribution in [0.5, 0.6) is 0 Å². The molecule has 0 saturated carbocycles. The zero-order valence-electron chi connectivity index (χ0n) is 9.17. The van der Waals surface area contributed by atoms with Crippen molar-refractivity contribution >= 4 is 11.7 Å². The molecule has 0 aromatic carbocycles. The van der Waals surface area contributed by atoms with Gasteiger partial charge in [-0.2, -0.15) is 0 Å². The summed E-state index contributed by atoms with van der Waals surface area (Å²) in [4.78, 5) is 20.0. The Balaban J connectivity index is 2.24. The van der Waals surface area contributed by atoms with E-state index in [1.165, 1.54) is 6.92 Å². The van der Waals surface area contributed by atoms with E-state index in [9.17, 15) is 4.79 Å². The minimum absolute atomic E-state index is 0.258. The van der Waals surface area contributed by atoms with Crippen molar-refractivity contribution in [3.05, 3.63) is 18.2 Å². The number of carboxylic acid groups (broad SMARTS) is 1. The minimum atomic E-state index is -1.25. The maximum absolute atomic E-state index is 11.0. The highest BCUT2D eigenvalue weighted by molar-refractivity contribution is 6.03. The number of aromatic nitrogens is 2. The van der Waals surface area contributed by atoms with Crippen LogP contribution in [0.1, 0.15) is 26.0 Å². The van der Waals surface area contributed by atoms with Crippen molar-refractivity contribution in [3.8, 4) is 0 Å². The van der Waals surface area contributed by atoms with Crippen LogP contribution < -0.4 is 0 Å². The highest BCUT2D eigenvalue weighted by atomic mass is 16.7. The Hall–Kier alpha value is -1.85. The number of oxime groups is 1. The van der Waals surface area contributed by atoms with Crippen LogP contribution >= 0.6 is 0 Å². The molecule has 6 nitrogen and oxygen atoms in total. The lowest BCUT2D eigenvalue weighted by Gasteiger charge is -2.14. The normalized spacial score (nSPS) is 24.0. The van der Waals surface area contributed by atoms with E-state index in [-0.39, 0.29) is 6.42 Å². The summed E-state index contributed by atoms with van der Waals surface area (Å²) in [6.07, 6.45) is 3.61. The van der Waals surface area contributed by atoms with Crippen LogP contribution in [-0.4, -0.2) is 31.9 Å². The molecule has 1 unspecified atom stereocenters. The molecule has 0 amide bonds. The topological polar surface area (TPSA) is 76.7 Å². The molecule has 1 atom stereocenters. The first-order valence-corrected chi connectivity index (χ1v) is 5.06. The van der Waals surface area contributed by atoms with Crippen LogP contribution in [0.15, 0.2) is 17.7 Å². The third-order valence-electron chi connectivity index (χ3n) is 2.66. The monoisotopic (exact) mass is 223 g/mol. The molecule has 2 rings (SSSR count). The average molecular weight is 223 g/mol. The van der Waals surface area contributed by atoms with Crippen LogP contribution in [0.25, 0.3) is 0 Å². The van der Waals surface area contributed by atoms with Gasteiger partial charge in [0.05, 0.1) is 18.2 Å². The summed E-state index contributed by atoms with van der Waals surface area (Å²) in [5, 5.41) is 12.8. The van der Waals surface area contributed by atoms with Gasteiger partial charge in [-0.1, -0.05) is 5.16 Å². The first kappa shape index (κ1) is 10.7.